The third kappa shape index (κ3) is 2.08. The maximum Gasteiger partial charge on any atom is 0.429 e. The van der Waals surface area contributed by atoms with Crippen LogP contribution in [-0.2, 0) is 13.6 Å². The van der Waals surface area contributed by atoms with Crippen LogP contribution in [0.2, 0.25) is 0 Å². The van der Waals surface area contributed by atoms with Gasteiger partial charge in [0.05, 0.1) is 0 Å². The summed E-state index contributed by atoms with van der Waals surface area (Å²) in [6.45, 7) is -4.25. The number of rotatable bonds is 0. The first kappa shape index (κ1) is 9.32. The molecule has 1 saturated heterocycles. The molecule has 0 aromatic rings. The van der Waals surface area contributed by atoms with E-state index in [4.69, 9.17) is 11.2 Å². The second kappa shape index (κ2) is 2.94. The van der Waals surface area contributed by atoms with Crippen molar-refractivity contribution in [1.29, 1.82) is 0 Å². The minimum Gasteiger partial charge on any atom is -0.258 e. The molecule has 0 amide bonds. The molecular weight excluding hydrogens is 207 g/mol. The highest BCUT2D eigenvalue weighted by Gasteiger charge is 2.46. The molecule has 0 saturated carbocycles. The summed E-state index contributed by atoms with van der Waals surface area (Å²) >= 11 is 4.79. The van der Waals surface area contributed by atoms with Crippen LogP contribution in [0.4, 0.5) is 13.2 Å². The van der Waals surface area contributed by atoms with E-state index in [-0.39, 0.29) is 0 Å². The SMILES string of the molecule is O=P1(Cl)OC(F)C(F)C(F)O1. The quantitative estimate of drug-likeness (QED) is 0.576. The van der Waals surface area contributed by atoms with Gasteiger partial charge >= 0.3 is 6.95 Å². The van der Waals surface area contributed by atoms with Gasteiger partial charge in [-0.25, -0.2) is 17.7 Å². The maximum absolute atomic E-state index is 12.1. The van der Waals surface area contributed by atoms with Crippen LogP contribution in [0.25, 0.3) is 0 Å². The largest absolute Gasteiger partial charge is 0.429 e. The molecule has 2 atom stereocenters. The molecule has 1 aliphatic heterocycles. The smallest absolute Gasteiger partial charge is 0.258 e. The lowest BCUT2D eigenvalue weighted by atomic mass is 10.4. The molecule has 8 heteroatoms. The normalized spacial score (nSPS) is 52.5. The zero-order chi connectivity index (χ0) is 8.65. The lowest BCUT2D eigenvalue weighted by Gasteiger charge is -2.26. The number of halogens is 4. The minimum absolute atomic E-state index is 2.60. The molecule has 0 aromatic carbocycles. The van der Waals surface area contributed by atoms with Gasteiger partial charge in [0, 0.05) is 11.2 Å². The van der Waals surface area contributed by atoms with E-state index in [2.05, 4.69) is 9.05 Å². The van der Waals surface area contributed by atoms with Crippen molar-refractivity contribution in [3.63, 3.8) is 0 Å². The van der Waals surface area contributed by atoms with E-state index in [1.54, 1.807) is 0 Å². The molecule has 0 bridgehead atoms. The van der Waals surface area contributed by atoms with Gasteiger partial charge in [0.1, 0.15) is 0 Å². The second-order valence-electron chi connectivity index (χ2n) is 1.79. The highest BCUT2D eigenvalue weighted by atomic mass is 35.7. The van der Waals surface area contributed by atoms with Crippen molar-refractivity contribution in [2.75, 3.05) is 0 Å². The molecule has 1 rings (SSSR count). The Morgan fingerprint density at radius 1 is 1.18 bits per heavy atom. The third-order valence-corrected chi connectivity index (χ3v) is 2.34. The Morgan fingerprint density at radius 3 is 1.91 bits per heavy atom. The summed E-state index contributed by atoms with van der Waals surface area (Å²) in [6, 6.07) is 0. The second-order valence-corrected chi connectivity index (χ2v) is 4.31. The Morgan fingerprint density at radius 2 is 1.55 bits per heavy atom. The van der Waals surface area contributed by atoms with Crippen LogP contribution in [-0.4, -0.2) is 18.9 Å². The average Bonchev–Trinajstić information content (AvgIpc) is 1.81. The van der Waals surface area contributed by atoms with Crippen LogP contribution in [0.15, 0.2) is 0 Å². The topological polar surface area (TPSA) is 35.5 Å². The van der Waals surface area contributed by atoms with Crippen molar-refractivity contribution in [3.8, 4) is 0 Å². The fourth-order valence-electron chi connectivity index (χ4n) is 0.501. The maximum atomic E-state index is 12.1. The molecule has 66 valence electrons. The van der Waals surface area contributed by atoms with Gasteiger partial charge in [-0.15, -0.1) is 0 Å². The molecule has 1 fully saturated rings. The standard InChI is InChI=1S/C3H3ClF3O3P/c4-11(8)9-2(6)1(5)3(7)10-11/h1-3H. The Kier molecular flexibility index (Phi) is 2.49. The molecule has 0 aliphatic carbocycles. The third-order valence-electron chi connectivity index (χ3n) is 0.954. The lowest BCUT2D eigenvalue weighted by Crippen LogP contribution is -2.34. The lowest BCUT2D eigenvalue weighted by molar-refractivity contribution is -0.138. The van der Waals surface area contributed by atoms with Crippen LogP contribution < -0.4 is 0 Å². The fraction of sp³-hybridized carbons (Fsp3) is 1.00. The molecule has 0 spiro atoms. The number of hydrogen-bond acceptors (Lipinski definition) is 3. The minimum atomic E-state index is -4.25. The van der Waals surface area contributed by atoms with Crippen molar-refractivity contribution < 1.29 is 26.8 Å². The summed E-state index contributed by atoms with van der Waals surface area (Å²) in [5.74, 6) is 0. The Bertz CT molecular complexity index is 186. The average molecular weight is 210 g/mol. The van der Waals surface area contributed by atoms with Crippen LogP contribution >= 0.6 is 18.2 Å². The van der Waals surface area contributed by atoms with Gasteiger partial charge in [-0.3, -0.25) is 9.05 Å². The zero-order valence-electron chi connectivity index (χ0n) is 4.92. The zero-order valence-corrected chi connectivity index (χ0v) is 6.57. The summed E-state index contributed by atoms with van der Waals surface area (Å²) in [5.41, 5.74) is 0. The van der Waals surface area contributed by atoms with Gasteiger partial charge in [-0.05, 0) is 0 Å². The van der Waals surface area contributed by atoms with Gasteiger partial charge in [0.2, 0.25) is 18.9 Å². The van der Waals surface area contributed by atoms with Crippen molar-refractivity contribution in [3.05, 3.63) is 0 Å². The van der Waals surface area contributed by atoms with Crippen LogP contribution in [0.3, 0.4) is 0 Å². The van der Waals surface area contributed by atoms with Gasteiger partial charge < -0.3 is 0 Å². The Balaban J connectivity index is 2.70. The molecule has 3 nitrogen and oxygen atoms in total. The fourth-order valence-corrected chi connectivity index (χ4v) is 1.72. The predicted octanol–water partition coefficient (Wildman–Crippen LogP) is 2.31. The van der Waals surface area contributed by atoms with Crippen molar-refractivity contribution in [2.24, 2.45) is 0 Å². The molecule has 11 heavy (non-hydrogen) atoms. The van der Waals surface area contributed by atoms with Crippen LogP contribution in [0, 0.1) is 0 Å². The van der Waals surface area contributed by atoms with E-state index in [1.165, 1.54) is 0 Å². The molecule has 0 radical (unpaired) electrons. The van der Waals surface area contributed by atoms with E-state index in [0.29, 0.717) is 0 Å². The summed E-state index contributed by atoms with van der Waals surface area (Å²) < 4.78 is 54.3. The molecule has 1 heterocycles. The van der Waals surface area contributed by atoms with E-state index >= 15 is 0 Å². The van der Waals surface area contributed by atoms with Gasteiger partial charge in [0.25, 0.3) is 0 Å². The Labute approximate surface area is 64.7 Å². The van der Waals surface area contributed by atoms with Crippen LogP contribution in [0.1, 0.15) is 0 Å². The van der Waals surface area contributed by atoms with Crippen molar-refractivity contribution in [2.45, 2.75) is 18.9 Å². The first-order valence-corrected chi connectivity index (χ1v) is 4.96. The van der Waals surface area contributed by atoms with Crippen LogP contribution in [0.5, 0.6) is 0 Å². The summed E-state index contributed by atoms with van der Waals surface area (Å²) in [7, 11) is 0. The molecule has 0 N–H and O–H groups in total. The van der Waals surface area contributed by atoms with Crippen molar-refractivity contribution >= 4 is 18.2 Å². The summed E-state index contributed by atoms with van der Waals surface area (Å²) in [4.78, 5) is 0. The number of hydrogen-bond donors (Lipinski definition) is 0. The number of alkyl halides is 3. The summed E-state index contributed by atoms with van der Waals surface area (Å²) in [6.07, 6.45) is -7.88. The Hall–Kier alpha value is 0.230. The summed E-state index contributed by atoms with van der Waals surface area (Å²) in [5, 5.41) is 0. The van der Waals surface area contributed by atoms with E-state index in [1.807, 2.05) is 0 Å². The molecular formula is C3H3ClF3O3P. The van der Waals surface area contributed by atoms with E-state index in [0.717, 1.165) is 0 Å². The predicted molar refractivity (Wildman–Crippen MR) is 30.3 cm³/mol. The molecule has 0 aromatic heterocycles. The van der Waals surface area contributed by atoms with Gasteiger partial charge in [-0.2, -0.15) is 0 Å². The van der Waals surface area contributed by atoms with E-state index < -0.39 is 25.8 Å². The molecule has 1 aliphatic rings. The highest BCUT2D eigenvalue weighted by Crippen LogP contribution is 2.59. The molecule has 2 unspecified atom stereocenters. The van der Waals surface area contributed by atoms with Gasteiger partial charge in [-0.1, -0.05) is 0 Å². The monoisotopic (exact) mass is 210 g/mol. The van der Waals surface area contributed by atoms with E-state index in [9.17, 15) is 17.7 Å². The highest BCUT2D eigenvalue weighted by molar-refractivity contribution is 7.81. The first-order valence-electron chi connectivity index (χ1n) is 2.51. The first-order chi connectivity index (χ1) is 4.92. The van der Waals surface area contributed by atoms with Gasteiger partial charge in [0.15, 0.2) is 0 Å². The van der Waals surface area contributed by atoms with Crippen molar-refractivity contribution in [1.82, 2.24) is 0 Å².